The van der Waals surface area contributed by atoms with E-state index in [0.29, 0.717) is 23.5 Å². The van der Waals surface area contributed by atoms with Crippen LogP contribution in [0.4, 0.5) is 4.79 Å². The Bertz CT molecular complexity index is 920. The third kappa shape index (κ3) is 4.31. The molecule has 2 heterocycles. The first-order chi connectivity index (χ1) is 17.1. The van der Waals surface area contributed by atoms with Crippen LogP contribution in [0.3, 0.4) is 0 Å². The molecular formula is C30H44N2O3. The summed E-state index contributed by atoms with van der Waals surface area (Å²) in [4.78, 5) is 17.5. The van der Waals surface area contributed by atoms with Crippen LogP contribution in [-0.4, -0.2) is 61.3 Å². The molecule has 5 heteroatoms. The molecule has 1 aromatic carbocycles. The molecule has 0 bridgehead atoms. The number of hydrogen-bond donors (Lipinski definition) is 0. The Morgan fingerprint density at radius 3 is 2.54 bits per heavy atom. The maximum atomic E-state index is 12.9. The number of benzene rings is 1. The van der Waals surface area contributed by atoms with Crippen molar-refractivity contribution in [1.29, 1.82) is 0 Å². The number of rotatable bonds is 3. The van der Waals surface area contributed by atoms with Gasteiger partial charge in [-0.15, -0.1) is 0 Å². The SMILES string of the molecule is COC1CCC2C3CCc4cc(OC(=O)N5CCC(N6CCCCC6)CC5)ccc4C3CCC12C. The predicted molar refractivity (Wildman–Crippen MR) is 138 cm³/mol. The fourth-order valence-corrected chi connectivity index (χ4v) is 8.82. The van der Waals surface area contributed by atoms with Crippen LogP contribution in [0, 0.1) is 17.3 Å². The van der Waals surface area contributed by atoms with Crippen molar-refractivity contribution in [3.63, 3.8) is 0 Å². The second-order valence-electron chi connectivity index (χ2n) is 12.3. The van der Waals surface area contributed by atoms with Crippen molar-refractivity contribution in [2.24, 2.45) is 17.3 Å². The normalized spacial score (nSPS) is 35.8. The van der Waals surface area contributed by atoms with E-state index in [9.17, 15) is 4.79 Å². The lowest BCUT2D eigenvalue weighted by Crippen LogP contribution is -2.48. The molecule has 0 radical (unpaired) electrons. The molecule has 5 unspecified atom stereocenters. The van der Waals surface area contributed by atoms with Gasteiger partial charge in [0.25, 0.3) is 0 Å². The van der Waals surface area contributed by atoms with Crippen molar-refractivity contribution in [1.82, 2.24) is 9.80 Å². The highest BCUT2D eigenvalue weighted by atomic mass is 16.6. The lowest BCUT2D eigenvalue weighted by Gasteiger charge is -2.50. The van der Waals surface area contributed by atoms with Gasteiger partial charge in [-0.2, -0.15) is 0 Å². The molecule has 2 aliphatic heterocycles. The number of methoxy groups -OCH3 is 1. The van der Waals surface area contributed by atoms with E-state index >= 15 is 0 Å². The Morgan fingerprint density at radius 2 is 1.77 bits per heavy atom. The van der Waals surface area contributed by atoms with Gasteiger partial charge in [0.15, 0.2) is 0 Å². The lowest BCUT2D eigenvalue weighted by atomic mass is 9.55. The van der Waals surface area contributed by atoms with Crippen LogP contribution >= 0.6 is 0 Å². The number of carbonyl (C=O) groups is 1. The van der Waals surface area contributed by atoms with E-state index in [-0.39, 0.29) is 6.09 Å². The second kappa shape index (κ2) is 9.70. The topological polar surface area (TPSA) is 42.0 Å². The summed E-state index contributed by atoms with van der Waals surface area (Å²) >= 11 is 0. The van der Waals surface area contributed by atoms with Crippen molar-refractivity contribution in [2.75, 3.05) is 33.3 Å². The van der Waals surface area contributed by atoms with Crippen molar-refractivity contribution < 1.29 is 14.3 Å². The number of piperidine rings is 2. The van der Waals surface area contributed by atoms with Gasteiger partial charge >= 0.3 is 6.09 Å². The smallest absolute Gasteiger partial charge is 0.410 e. The highest BCUT2D eigenvalue weighted by Gasteiger charge is 2.55. The van der Waals surface area contributed by atoms with Gasteiger partial charge in [-0.1, -0.05) is 19.4 Å². The zero-order chi connectivity index (χ0) is 24.0. The minimum Gasteiger partial charge on any atom is -0.410 e. The van der Waals surface area contributed by atoms with Gasteiger partial charge in [-0.3, -0.25) is 0 Å². The first kappa shape index (κ1) is 23.8. The lowest BCUT2D eigenvalue weighted by molar-refractivity contribution is -0.0444. The molecule has 192 valence electrons. The molecule has 1 aromatic rings. The van der Waals surface area contributed by atoms with Gasteiger partial charge in [0.05, 0.1) is 6.10 Å². The molecule has 3 aliphatic carbocycles. The third-order valence-corrected chi connectivity index (χ3v) is 10.7. The molecule has 2 saturated heterocycles. The van der Waals surface area contributed by atoms with Gasteiger partial charge in [-0.25, -0.2) is 4.79 Å². The van der Waals surface area contributed by atoms with Crippen LogP contribution in [0.2, 0.25) is 0 Å². The molecule has 6 rings (SSSR count). The number of hydrogen-bond acceptors (Lipinski definition) is 4. The number of carbonyl (C=O) groups excluding carboxylic acids is 1. The van der Waals surface area contributed by atoms with E-state index < -0.39 is 0 Å². The molecule has 5 atom stereocenters. The summed E-state index contributed by atoms with van der Waals surface area (Å²) in [5, 5.41) is 0. The number of amides is 1. The number of fused-ring (bicyclic) bond motifs is 5. The van der Waals surface area contributed by atoms with Gasteiger partial charge < -0.3 is 19.3 Å². The van der Waals surface area contributed by atoms with Crippen molar-refractivity contribution >= 4 is 6.09 Å². The molecule has 5 aliphatic rings. The van der Waals surface area contributed by atoms with E-state index in [2.05, 4.69) is 30.0 Å². The molecule has 4 fully saturated rings. The van der Waals surface area contributed by atoms with Crippen LogP contribution in [0.15, 0.2) is 18.2 Å². The molecule has 1 amide bonds. The highest BCUT2D eigenvalue weighted by Crippen LogP contribution is 2.61. The van der Waals surface area contributed by atoms with Crippen molar-refractivity contribution in [3.8, 4) is 5.75 Å². The fourth-order valence-electron chi connectivity index (χ4n) is 8.82. The maximum Gasteiger partial charge on any atom is 0.415 e. The number of likely N-dealkylation sites (tertiary alicyclic amines) is 2. The van der Waals surface area contributed by atoms with Crippen molar-refractivity contribution in [3.05, 3.63) is 29.3 Å². The Hall–Kier alpha value is -1.59. The summed E-state index contributed by atoms with van der Waals surface area (Å²) in [6, 6.07) is 7.15. The molecule has 5 nitrogen and oxygen atoms in total. The Morgan fingerprint density at radius 1 is 0.971 bits per heavy atom. The monoisotopic (exact) mass is 480 g/mol. The summed E-state index contributed by atoms with van der Waals surface area (Å²) in [5.41, 5.74) is 3.28. The molecule has 0 aromatic heterocycles. The Balaban J connectivity index is 1.08. The zero-order valence-corrected chi connectivity index (χ0v) is 21.8. The number of nitrogens with zero attached hydrogens (tertiary/aromatic N) is 2. The average molecular weight is 481 g/mol. The number of ether oxygens (including phenoxy) is 2. The van der Waals surface area contributed by atoms with E-state index in [1.54, 1.807) is 0 Å². The molecule has 0 spiro atoms. The van der Waals surface area contributed by atoms with Gasteiger partial charge in [-0.05, 0) is 124 Å². The first-order valence-electron chi connectivity index (χ1n) is 14.4. The largest absolute Gasteiger partial charge is 0.415 e. The molecular weight excluding hydrogens is 436 g/mol. The second-order valence-corrected chi connectivity index (χ2v) is 12.3. The quantitative estimate of drug-likeness (QED) is 0.532. The predicted octanol–water partition coefficient (Wildman–Crippen LogP) is 6.01. The van der Waals surface area contributed by atoms with Crippen LogP contribution < -0.4 is 4.74 Å². The standard InChI is InChI=1S/C30H44N2O3/c1-30-15-12-25-24-9-7-23(20-21(24)6-8-26(25)27(30)10-11-28(30)34-2)35-29(33)32-18-13-22(14-19-32)31-16-4-3-5-17-31/h7,9,20,22,25-28H,3-6,8,10-19H2,1-2H3. The van der Waals surface area contributed by atoms with E-state index in [0.717, 1.165) is 49.9 Å². The number of aryl methyl sites for hydroxylation is 1. The van der Waals surface area contributed by atoms with Crippen LogP contribution in [0.1, 0.15) is 88.2 Å². The Kier molecular flexibility index (Phi) is 6.59. The summed E-state index contributed by atoms with van der Waals surface area (Å²) < 4.78 is 11.8. The Labute approximate surface area is 211 Å². The van der Waals surface area contributed by atoms with Crippen molar-refractivity contribution in [2.45, 2.75) is 95.6 Å². The van der Waals surface area contributed by atoms with Gasteiger partial charge in [0.2, 0.25) is 0 Å². The summed E-state index contributed by atoms with van der Waals surface area (Å²) in [6.45, 7) is 6.59. The first-order valence-corrected chi connectivity index (χ1v) is 14.4. The minimum atomic E-state index is -0.166. The van der Waals surface area contributed by atoms with E-state index in [4.69, 9.17) is 9.47 Å². The minimum absolute atomic E-state index is 0.166. The molecule has 35 heavy (non-hydrogen) atoms. The summed E-state index contributed by atoms with van der Waals surface area (Å²) in [5.74, 6) is 2.94. The average Bonchev–Trinajstić information content (AvgIpc) is 3.25. The van der Waals surface area contributed by atoms with Crippen LogP contribution in [0.5, 0.6) is 5.75 Å². The summed E-state index contributed by atoms with van der Waals surface area (Å²) in [7, 11) is 1.90. The molecule has 0 N–H and O–H groups in total. The van der Waals surface area contributed by atoms with E-state index in [1.165, 1.54) is 75.6 Å². The van der Waals surface area contributed by atoms with Crippen LogP contribution in [-0.2, 0) is 11.2 Å². The molecule has 2 saturated carbocycles. The highest BCUT2D eigenvalue weighted by molar-refractivity contribution is 5.71. The van der Waals surface area contributed by atoms with Crippen LogP contribution in [0.25, 0.3) is 0 Å². The summed E-state index contributed by atoms with van der Waals surface area (Å²) in [6.07, 6.45) is 13.9. The third-order valence-electron chi connectivity index (χ3n) is 10.7. The van der Waals surface area contributed by atoms with Gasteiger partial charge in [0.1, 0.15) is 5.75 Å². The van der Waals surface area contributed by atoms with E-state index in [1.807, 2.05) is 12.0 Å². The zero-order valence-electron chi connectivity index (χ0n) is 21.8. The van der Waals surface area contributed by atoms with Gasteiger partial charge in [0, 0.05) is 26.2 Å². The maximum absolute atomic E-state index is 12.9. The fraction of sp³-hybridized carbons (Fsp3) is 0.767.